The van der Waals surface area contributed by atoms with Crippen LogP contribution in [-0.2, 0) is 33.5 Å². The minimum absolute atomic E-state index is 0.0547. The average Bonchev–Trinajstić information content (AvgIpc) is 2.87. The fourth-order valence-corrected chi connectivity index (χ4v) is 3.06. The van der Waals surface area contributed by atoms with Crippen LogP contribution in [0.1, 0.15) is 46.5 Å². The topological polar surface area (TPSA) is 128 Å². The number of hydrogen-bond donors (Lipinski definition) is 1. The summed E-state index contributed by atoms with van der Waals surface area (Å²) in [6.07, 6.45) is -1.29. The molecule has 0 aromatic heterocycles. The van der Waals surface area contributed by atoms with Gasteiger partial charge < -0.3 is 19.6 Å². The predicted molar refractivity (Wildman–Crippen MR) is 109 cm³/mol. The number of amides is 3. The summed E-state index contributed by atoms with van der Waals surface area (Å²) < 4.78 is 10.3. The molecule has 1 heterocycles. The maximum atomic E-state index is 12.5. The number of hydrogen-bond acceptors (Lipinski definition) is 8. The minimum Gasteiger partial charge on any atom is -0.460 e. The van der Waals surface area contributed by atoms with Gasteiger partial charge in [-0.15, -0.1) is 5.06 Å². The first-order valence-corrected chi connectivity index (χ1v) is 13.6. The first-order valence-electron chi connectivity index (χ1n) is 9.91. The van der Waals surface area contributed by atoms with Crippen molar-refractivity contribution in [2.75, 3.05) is 6.61 Å². The van der Waals surface area contributed by atoms with Gasteiger partial charge in [0.15, 0.2) is 0 Å². The predicted octanol–water partition coefficient (Wildman–Crippen LogP) is 2.15. The summed E-state index contributed by atoms with van der Waals surface area (Å²) in [6, 6.07) is -0.553. The Morgan fingerprint density at radius 2 is 1.67 bits per heavy atom. The molecule has 0 saturated carbocycles. The third kappa shape index (κ3) is 9.86. The quantitative estimate of drug-likeness (QED) is 0.325. The standard InChI is InChI=1S/C19H32N2O8Si/c1-19(2,3)28-16(24)10-7-13(20-18(26)27-11-12-30(4,5)6)17(25)29-21-14(22)8-9-15(21)23/h13H,7-12H2,1-6H3,(H,20,26)/t13-/m0/s1. The van der Waals surface area contributed by atoms with E-state index in [0.717, 1.165) is 6.04 Å². The van der Waals surface area contributed by atoms with Gasteiger partial charge in [0.2, 0.25) is 0 Å². The Labute approximate surface area is 177 Å². The Hall–Kier alpha value is -2.43. The number of carbonyl (C=O) groups excluding carboxylic acids is 5. The van der Waals surface area contributed by atoms with Crippen molar-refractivity contribution < 1.29 is 38.3 Å². The van der Waals surface area contributed by atoms with Crippen molar-refractivity contribution >= 4 is 37.9 Å². The summed E-state index contributed by atoms with van der Waals surface area (Å²) in [5.74, 6) is -2.89. The second kappa shape index (κ2) is 10.6. The third-order valence-electron chi connectivity index (χ3n) is 3.91. The number of alkyl carbamates (subject to hydrolysis) is 1. The van der Waals surface area contributed by atoms with E-state index in [4.69, 9.17) is 14.3 Å². The maximum absolute atomic E-state index is 12.5. The fraction of sp³-hybridized carbons (Fsp3) is 0.737. The van der Waals surface area contributed by atoms with E-state index in [1.807, 2.05) is 0 Å². The molecule has 1 saturated heterocycles. The molecular formula is C19H32N2O8Si. The van der Waals surface area contributed by atoms with E-state index in [2.05, 4.69) is 25.0 Å². The van der Waals surface area contributed by atoms with E-state index in [0.29, 0.717) is 5.06 Å². The van der Waals surface area contributed by atoms with Crippen LogP contribution < -0.4 is 5.32 Å². The average molecular weight is 445 g/mol. The molecule has 0 unspecified atom stereocenters. The van der Waals surface area contributed by atoms with Gasteiger partial charge in [0, 0.05) is 27.3 Å². The molecule has 1 rings (SSSR count). The minimum atomic E-state index is -1.42. The highest BCUT2D eigenvalue weighted by atomic mass is 28.3. The third-order valence-corrected chi connectivity index (χ3v) is 5.61. The van der Waals surface area contributed by atoms with Crippen LogP contribution in [0.3, 0.4) is 0 Å². The smallest absolute Gasteiger partial charge is 0.407 e. The van der Waals surface area contributed by atoms with Gasteiger partial charge in [-0.3, -0.25) is 14.4 Å². The van der Waals surface area contributed by atoms with Crippen LogP contribution in [-0.4, -0.2) is 61.2 Å². The Kier molecular flexibility index (Phi) is 9.01. The fourth-order valence-electron chi connectivity index (χ4n) is 2.35. The Bertz CT molecular complexity index is 665. The lowest BCUT2D eigenvalue weighted by atomic mass is 10.1. The molecule has 1 atom stereocenters. The lowest BCUT2D eigenvalue weighted by molar-refractivity contribution is -0.199. The van der Waals surface area contributed by atoms with Crippen molar-refractivity contribution in [3.63, 3.8) is 0 Å². The highest BCUT2D eigenvalue weighted by Crippen LogP contribution is 2.15. The summed E-state index contributed by atoms with van der Waals surface area (Å²) in [6.45, 7) is 11.7. The van der Waals surface area contributed by atoms with Crippen LogP contribution in [0.5, 0.6) is 0 Å². The zero-order valence-electron chi connectivity index (χ0n) is 18.5. The van der Waals surface area contributed by atoms with Gasteiger partial charge in [-0.2, -0.15) is 0 Å². The molecule has 3 amide bonds. The SMILES string of the molecule is CC(C)(C)OC(=O)CC[C@H](NC(=O)OCC[Si](C)(C)C)C(=O)ON1C(=O)CCC1=O. The van der Waals surface area contributed by atoms with Crippen LogP contribution in [0.4, 0.5) is 4.79 Å². The van der Waals surface area contributed by atoms with Gasteiger partial charge in [0.1, 0.15) is 11.6 Å². The molecule has 10 nitrogen and oxygen atoms in total. The highest BCUT2D eigenvalue weighted by molar-refractivity contribution is 6.76. The van der Waals surface area contributed by atoms with Crippen molar-refractivity contribution in [1.82, 2.24) is 10.4 Å². The van der Waals surface area contributed by atoms with E-state index in [9.17, 15) is 24.0 Å². The molecule has 30 heavy (non-hydrogen) atoms. The lowest BCUT2D eigenvalue weighted by Crippen LogP contribution is -2.46. The van der Waals surface area contributed by atoms with Gasteiger partial charge in [-0.25, -0.2) is 9.59 Å². The molecule has 0 radical (unpaired) electrons. The van der Waals surface area contributed by atoms with Gasteiger partial charge in [-0.05, 0) is 33.2 Å². The highest BCUT2D eigenvalue weighted by Gasteiger charge is 2.36. The monoisotopic (exact) mass is 444 g/mol. The number of ether oxygens (including phenoxy) is 2. The number of imide groups is 1. The Morgan fingerprint density at radius 1 is 1.10 bits per heavy atom. The van der Waals surface area contributed by atoms with Crippen LogP contribution in [0.2, 0.25) is 25.7 Å². The zero-order valence-corrected chi connectivity index (χ0v) is 19.5. The molecule has 0 spiro atoms. The number of rotatable bonds is 9. The van der Waals surface area contributed by atoms with Crippen LogP contribution >= 0.6 is 0 Å². The van der Waals surface area contributed by atoms with Crippen molar-refractivity contribution in [3.05, 3.63) is 0 Å². The normalized spacial score (nSPS) is 15.6. The van der Waals surface area contributed by atoms with E-state index in [-0.39, 0.29) is 32.3 Å². The number of nitrogens with one attached hydrogen (secondary N) is 1. The molecule has 1 aliphatic rings. The Balaban J connectivity index is 2.73. The van der Waals surface area contributed by atoms with Crippen molar-refractivity contribution in [1.29, 1.82) is 0 Å². The van der Waals surface area contributed by atoms with Gasteiger partial charge in [0.25, 0.3) is 11.8 Å². The van der Waals surface area contributed by atoms with Gasteiger partial charge in [-0.1, -0.05) is 19.6 Å². The van der Waals surface area contributed by atoms with Gasteiger partial charge >= 0.3 is 18.0 Å². The molecule has 0 aliphatic carbocycles. The number of esters is 1. The molecule has 170 valence electrons. The van der Waals surface area contributed by atoms with Crippen LogP contribution in [0.25, 0.3) is 0 Å². The summed E-state index contributed by atoms with van der Waals surface area (Å²) in [7, 11) is -1.42. The summed E-state index contributed by atoms with van der Waals surface area (Å²) in [4.78, 5) is 64.7. The van der Waals surface area contributed by atoms with Crippen LogP contribution in [0, 0.1) is 0 Å². The van der Waals surface area contributed by atoms with Crippen molar-refractivity contribution in [2.45, 2.75) is 83.8 Å². The number of carbonyl (C=O) groups is 5. The number of nitrogens with zero attached hydrogens (tertiary/aromatic N) is 1. The molecule has 1 aliphatic heterocycles. The molecule has 0 bridgehead atoms. The van der Waals surface area contributed by atoms with E-state index in [1.165, 1.54) is 0 Å². The summed E-state index contributed by atoms with van der Waals surface area (Å²) in [5.41, 5.74) is -0.704. The largest absolute Gasteiger partial charge is 0.460 e. The maximum Gasteiger partial charge on any atom is 0.407 e. The molecule has 11 heteroatoms. The second-order valence-corrected chi connectivity index (χ2v) is 14.9. The van der Waals surface area contributed by atoms with E-state index >= 15 is 0 Å². The van der Waals surface area contributed by atoms with E-state index in [1.54, 1.807) is 20.8 Å². The lowest BCUT2D eigenvalue weighted by Gasteiger charge is -2.22. The molecule has 0 aromatic rings. The van der Waals surface area contributed by atoms with Crippen molar-refractivity contribution in [2.24, 2.45) is 0 Å². The molecular weight excluding hydrogens is 412 g/mol. The van der Waals surface area contributed by atoms with E-state index < -0.39 is 49.6 Å². The van der Waals surface area contributed by atoms with Crippen LogP contribution in [0.15, 0.2) is 0 Å². The van der Waals surface area contributed by atoms with Crippen molar-refractivity contribution in [3.8, 4) is 0 Å². The zero-order chi connectivity index (χ0) is 23.1. The summed E-state index contributed by atoms with van der Waals surface area (Å²) in [5, 5.41) is 2.74. The van der Waals surface area contributed by atoms with Gasteiger partial charge in [0.05, 0.1) is 6.61 Å². The second-order valence-electron chi connectivity index (χ2n) is 9.26. The molecule has 1 fully saturated rings. The molecule has 0 aromatic carbocycles. The molecule has 1 N–H and O–H groups in total. The number of hydroxylamine groups is 2. The Morgan fingerprint density at radius 3 is 2.17 bits per heavy atom. The first kappa shape index (κ1) is 25.6. The first-order chi connectivity index (χ1) is 13.7. The summed E-state index contributed by atoms with van der Waals surface area (Å²) >= 11 is 0.